The number of carbonyl (C=O) groups is 1. The number of amides is 1. The van der Waals surface area contributed by atoms with Crippen molar-refractivity contribution < 1.29 is 18.3 Å². The number of ether oxygens (including phenoxy) is 1. The van der Waals surface area contributed by atoms with E-state index in [0.29, 0.717) is 5.69 Å². The molecule has 0 spiro atoms. The van der Waals surface area contributed by atoms with Crippen LogP contribution in [0, 0.1) is 0 Å². The van der Waals surface area contributed by atoms with Crippen LogP contribution in [-0.4, -0.2) is 18.6 Å². The summed E-state index contributed by atoms with van der Waals surface area (Å²) in [6, 6.07) is 5.28. The van der Waals surface area contributed by atoms with Crippen LogP contribution in [0.5, 0.6) is 5.75 Å². The minimum atomic E-state index is -2.84. The monoisotopic (exact) mass is 230 g/mol. The highest BCUT2D eigenvalue weighted by Gasteiger charge is 2.08. The molecule has 1 aromatic carbocycles. The summed E-state index contributed by atoms with van der Waals surface area (Å²) < 4.78 is 27.8. The van der Waals surface area contributed by atoms with E-state index in [2.05, 4.69) is 10.1 Å². The van der Waals surface area contributed by atoms with E-state index in [9.17, 15) is 13.6 Å². The Morgan fingerprint density at radius 2 is 1.94 bits per heavy atom. The molecular weight excluding hydrogens is 218 g/mol. The van der Waals surface area contributed by atoms with E-state index in [1.165, 1.54) is 24.3 Å². The van der Waals surface area contributed by atoms with Crippen molar-refractivity contribution in [3.05, 3.63) is 24.3 Å². The third kappa shape index (κ3) is 3.72. The molecule has 0 fully saturated rings. The van der Waals surface area contributed by atoms with Crippen LogP contribution >= 0.6 is 0 Å². The van der Waals surface area contributed by atoms with Crippen molar-refractivity contribution >= 4 is 11.6 Å². The number of halogens is 2. The van der Waals surface area contributed by atoms with Crippen molar-refractivity contribution in [2.75, 3.05) is 5.32 Å². The molecule has 0 heterocycles. The number of primary amides is 1. The largest absolute Gasteiger partial charge is 0.435 e. The second-order valence-electron chi connectivity index (χ2n) is 3.17. The van der Waals surface area contributed by atoms with Gasteiger partial charge in [0.2, 0.25) is 5.91 Å². The van der Waals surface area contributed by atoms with Gasteiger partial charge < -0.3 is 15.8 Å². The molecule has 0 bridgehead atoms. The molecule has 0 aromatic heterocycles. The number of carbonyl (C=O) groups excluding carboxylic acids is 1. The van der Waals surface area contributed by atoms with Gasteiger partial charge in [-0.3, -0.25) is 4.79 Å². The molecular formula is C10H12F2N2O2. The van der Waals surface area contributed by atoms with Crippen LogP contribution < -0.4 is 15.8 Å². The van der Waals surface area contributed by atoms with E-state index >= 15 is 0 Å². The second-order valence-corrected chi connectivity index (χ2v) is 3.17. The Labute approximate surface area is 91.4 Å². The van der Waals surface area contributed by atoms with Gasteiger partial charge in [-0.1, -0.05) is 0 Å². The standard InChI is InChI=1S/C10H12F2N2O2/c1-6(9(13)15)14-7-2-4-8(5-3-7)16-10(11)12/h2-6,10,14H,1H3,(H2,13,15). The van der Waals surface area contributed by atoms with Crippen molar-refractivity contribution in [3.8, 4) is 5.75 Å². The predicted molar refractivity (Wildman–Crippen MR) is 55.4 cm³/mol. The Bertz CT molecular complexity index is 354. The zero-order chi connectivity index (χ0) is 12.1. The molecule has 1 rings (SSSR count). The van der Waals surface area contributed by atoms with Crippen molar-refractivity contribution in [1.29, 1.82) is 0 Å². The molecule has 6 heteroatoms. The molecule has 1 unspecified atom stereocenters. The number of hydrogen-bond acceptors (Lipinski definition) is 3. The maximum atomic E-state index is 11.8. The fraction of sp³-hybridized carbons (Fsp3) is 0.300. The summed E-state index contributed by atoms with van der Waals surface area (Å²) in [5.74, 6) is -0.430. The molecule has 16 heavy (non-hydrogen) atoms. The molecule has 0 aliphatic heterocycles. The van der Waals surface area contributed by atoms with E-state index in [4.69, 9.17) is 5.73 Å². The van der Waals surface area contributed by atoms with Crippen LogP contribution in [0.4, 0.5) is 14.5 Å². The molecule has 1 amide bonds. The van der Waals surface area contributed by atoms with E-state index in [1.54, 1.807) is 6.92 Å². The third-order valence-corrected chi connectivity index (χ3v) is 1.89. The van der Waals surface area contributed by atoms with Gasteiger partial charge in [-0.2, -0.15) is 8.78 Å². The molecule has 88 valence electrons. The van der Waals surface area contributed by atoms with Crippen LogP contribution in [-0.2, 0) is 4.79 Å². The third-order valence-electron chi connectivity index (χ3n) is 1.89. The number of nitrogens with one attached hydrogen (secondary N) is 1. The maximum absolute atomic E-state index is 11.8. The zero-order valence-corrected chi connectivity index (χ0v) is 8.61. The van der Waals surface area contributed by atoms with Gasteiger partial charge in [-0.05, 0) is 31.2 Å². The topological polar surface area (TPSA) is 64.3 Å². The number of rotatable bonds is 5. The number of hydrogen-bond donors (Lipinski definition) is 2. The van der Waals surface area contributed by atoms with Crippen molar-refractivity contribution in [2.24, 2.45) is 5.73 Å². The lowest BCUT2D eigenvalue weighted by Gasteiger charge is -2.12. The Balaban J connectivity index is 2.61. The SMILES string of the molecule is CC(Nc1ccc(OC(F)F)cc1)C(N)=O. The van der Waals surface area contributed by atoms with Crippen molar-refractivity contribution in [3.63, 3.8) is 0 Å². The molecule has 1 atom stereocenters. The van der Waals surface area contributed by atoms with Gasteiger partial charge in [0.25, 0.3) is 0 Å². The van der Waals surface area contributed by atoms with Gasteiger partial charge in [0.15, 0.2) is 0 Å². The van der Waals surface area contributed by atoms with Gasteiger partial charge in [-0.25, -0.2) is 0 Å². The van der Waals surface area contributed by atoms with E-state index < -0.39 is 18.6 Å². The smallest absolute Gasteiger partial charge is 0.387 e. The Morgan fingerprint density at radius 3 is 2.38 bits per heavy atom. The Kier molecular flexibility index (Phi) is 4.04. The lowest BCUT2D eigenvalue weighted by molar-refractivity contribution is -0.118. The summed E-state index contributed by atoms with van der Waals surface area (Å²) in [7, 11) is 0. The summed E-state index contributed by atoms with van der Waals surface area (Å²) in [5.41, 5.74) is 5.66. The number of benzene rings is 1. The highest BCUT2D eigenvalue weighted by Crippen LogP contribution is 2.18. The van der Waals surface area contributed by atoms with E-state index in [-0.39, 0.29) is 5.75 Å². The Morgan fingerprint density at radius 1 is 1.38 bits per heavy atom. The molecule has 0 radical (unpaired) electrons. The molecule has 0 saturated heterocycles. The van der Waals surface area contributed by atoms with E-state index in [1.807, 2.05) is 0 Å². The molecule has 0 aliphatic rings. The summed E-state index contributed by atoms with van der Waals surface area (Å²) in [6.07, 6.45) is 0. The Hall–Kier alpha value is -1.85. The number of anilines is 1. The average molecular weight is 230 g/mol. The first-order valence-corrected chi connectivity index (χ1v) is 4.60. The molecule has 0 saturated carbocycles. The summed E-state index contributed by atoms with van der Waals surface area (Å²) in [5, 5.41) is 2.80. The lowest BCUT2D eigenvalue weighted by atomic mass is 10.2. The summed E-state index contributed by atoms with van der Waals surface area (Å²) in [6.45, 7) is -1.24. The van der Waals surface area contributed by atoms with Crippen molar-refractivity contribution in [2.45, 2.75) is 19.6 Å². The quantitative estimate of drug-likeness (QED) is 0.807. The maximum Gasteiger partial charge on any atom is 0.387 e. The van der Waals surface area contributed by atoms with Gasteiger partial charge >= 0.3 is 6.61 Å². The van der Waals surface area contributed by atoms with Gasteiger partial charge in [0, 0.05) is 5.69 Å². The normalized spacial score (nSPS) is 12.2. The summed E-state index contributed by atoms with van der Waals surface area (Å²) in [4.78, 5) is 10.8. The van der Waals surface area contributed by atoms with Crippen LogP contribution in [0.25, 0.3) is 0 Å². The zero-order valence-electron chi connectivity index (χ0n) is 8.61. The molecule has 3 N–H and O–H groups in total. The predicted octanol–water partition coefficient (Wildman–Crippen LogP) is 1.57. The minimum Gasteiger partial charge on any atom is -0.435 e. The lowest BCUT2D eigenvalue weighted by Crippen LogP contribution is -2.32. The molecule has 0 aliphatic carbocycles. The fourth-order valence-corrected chi connectivity index (χ4v) is 1.05. The first-order valence-electron chi connectivity index (χ1n) is 4.60. The average Bonchev–Trinajstić information content (AvgIpc) is 2.20. The van der Waals surface area contributed by atoms with Gasteiger partial charge in [0.05, 0.1) is 0 Å². The molecule has 4 nitrogen and oxygen atoms in total. The van der Waals surface area contributed by atoms with Crippen LogP contribution in [0.15, 0.2) is 24.3 Å². The van der Waals surface area contributed by atoms with Crippen molar-refractivity contribution in [1.82, 2.24) is 0 Å². The fourth-order valence-electron chi connectivity index (χ4n) is 1.05. The van der Waals surface area contributed by atoms with Gasteiger partial charge in [0.1, 0.15) is 11.8 Å². The second kappa shape index (κ2) is 5.29. The number of alkyl halides is 2. The first kappa shape index (κ1) is 12.2. The minimum absolute atomic E-state index is 0.0623. The van der Waals surface area contributed by atoms with Gasteiger partial charge in [-0.15, -0.1) is 0 Å². The highest BCUT2D eigenvalue weighted by molar-refractivity contribution is 5.82. The van der Waals surface area contributed by atoms with Crippen LogP contribution in [0.3, 0.4) is 0 Å². The first-order chi connectivity index (χ1) is 7.49. The molecule has 1 aromatic rings. The summed E-state index contributed by atoms with van der Waals surface area (Å²) >= 11 is 0. The number of nitrogens with two attached hydrogens (primary N) is 1. The van der Waals surface area contributed by atoms with Crippen LogP contribution in [0.2, 0.25) is 0 Å². The highest BCUT2D eigenvalue weighted by atomic mass is 19.3. The van der Waals surface area contributed by atoms with E-state index in [0.717, 1.165) is 0 Å². The van der Waals surface area contributed by atoms with Crippen LogP contribution in [0.1, 0.15) is 6.92 Å².